The minimum Gasteiger partial charge on any atom is -0.493 e. The Bertz CT molecular complexity index is 784. The molecule has 0 bridgehead atoms. The predicted octanol–water partition coefficient (Wildman–Crippen LogP) is 2.87. The summed E-state index contributed by atoms with van der Waals surface area (Å²) < 4.78 is 10.5. The molecule has 1 aromatic carbocycles. The van der Waals surface area contributed by atoms with E-state index in [4.69, 9.17) is 9.47 Å². The van der Waals surface area contributed by atoms with E-state index in [1.54, 1.807) is 30.3 Å². The molecule has 1 heterocycles. The molecule has 0 spiro atoms. The minimum absolute atomic E-state index is 0.0860. The van der Waals surface area contributed by atoms with Gasteiger partial charge < -0.3 is 14.8 Å². The average molecular weight is 375 g/mol. The molecule has 6 nitrogen and oxygen atoms in total. The van der Waals surface area contributed by atoms with Crippen LogP contribution in [0, 0.1) is 0 Å². The number of ketones is 1. The number of carbonyl (C=O) groups excluding carboxylic acids is 3. The fourth-order valence-electron chi connectivity index (χ4n) is 2.22. The van der Waals surface area contributed by atoms with Gasteiger partial charge in [-0.3, -0.25) is 9.59 Å². The van der Waals surface area contributed by atoms with Crippen LogP contribution < -0.4 is 10.1 Å². The van der Waals surface area contributed by atoms with Crippen LogP contribution in [0.2, 0.25) is 0 Å². The number of carbonyl (C=O) groups is 3. The smallest absolute Gasteiger partial charge is 0.342 e. The van der Waals surface area contributed by atoms with Gasteiger partial charge in [-0.1, -0.05) is 12.1 Å². The van der Waals surface area contributed by atoms with Crippen molar-refractivity contribution in [3.8, 4) is 5.75 Å². The molecule has 0 fully saturated rings. The highest BCUT2D eigenvalue weighted by Gasteiger charge is 2.16. The summed E-state index contributed by atoms with van der Waals surface area (Å²) in [4.78, 5) is 36.8. The molecule has 0 aliphatic heterocycles. The number of thiophene rings is 1. The number of hydrogen-bond donors (Lipinski definition) is 1. The molecule has 7 heteroatoms. The molecule has 0 unspecified atom stereocenters. The van der Waals surface area contributed by atoms with Crippen molar-refractivity contribution >= 4 is 29.0 Å². The van der Waals surface area contributed by atoms with Crippen molar-refractivity contribution in [3.05, 3.63) is 51.7 Å². The van der Waals surface area contributed by atoms with Crippen LogP contribution in [0.4, 0.5) is 0 Å². The van der Waals surface area contributed by atoms with Crippen LogP contribution in [0.5, 0.6) is 5.75 Å². The number of benzene rings is 1. The van der Waals surface area contributed by atoms with Crippen molar-refractivity contribution in [3.63, 3.8) is 0 Å². The Labute approximate surface area is 156 Å². The lowest BCUT2D eigenvalue weighted by Crippen LogP contribution is -2.22. The largest absolute Gasteiger partial charge is 0.493 e. The maximum atomic E-state index is 12.2. The van der Waals surface area contributed by atoms with Crippen molar-refractivity contribution in [1.29, 1.82) is 0 Å². The van der Waals surface area contributed by atoms with Gasteiger partial charge in [0.2, 0.25) is 11.7 Å². The maximum absolute atomic E-state index is 12.2. The van der Waals surface area contributed by atoms with E-state index in [2.05, 4.69) is 5.32 Å². The Balaban J connectivity index is 1.89. The van der Waals surface area contributed by atoms with Crippen molar-refractivity contribution in [2.24, 2.45) is 0 Å². The molecule has 2 aromatic rings. The molecule has 0 saturated carbocycles. The van der Waals surface area contributed by atoms with Crippen LogP contribution in [0.1, 0.15) is 38.8 Å². The summed E-state index contributed by atoms with van der Waals surface area (Å²) in [5.41, 5.74) is 0.296. The molecule has 26 heavy (non-hydrogen) atoms. The summed E-state index contributed by atoms with van der Waals surface area (Å²) in [6, 6.07) is 10.3. The zero-order chi connectivity index (χ0) is 18.9. The van der Waals surface area contributed by atoms with Gasteiger partial charge in [0.15, 0.2) is 6.61 Å². The summed E-state index contributed by atoms with van der Waals surface area (Å²) in [5.74, 6) is -0.506. The second-order valence-corrected chi connectivity index (χ2v) is 6.60. The molecule has 0 saturated heterocycles. The van der Waals surface area contributed by atoms with E-state index in [1.807, 2.05) is 13.0 Å². The first-order valence-electron chi connectivity index (χ1n) is 8.26. The molecular formula is C19H21NO5S. The van der Waals surface area contributed by atoms with E-state index in [0.29, 0.717) is 35.8 Å². The predicted molar refractivity (Wildman–Crippen MR) is 98.9 cm³/mol. The summed E-state index contributed by atoms with van der Waals surface area (Å²) >= 11 is 1.33. The topological polar surface area (TPSA) is 81.7 Å². The number of hydrogen-bond acceptors (Lipinski definition) is 6. The average Bonchev–Trinajstić information content (AvgIpc) is 3.09. The molecule has 1 amide bonds. The zero-order valence-electron chi connectivity index (χ0n) is 14.7. The first kappa shape index (κ1) is 19.7. The van der Waals surface area contributed by atoms with Crippen LogP contribution >= 0.6 is 11.3 Å². The molecule has 2 rings (SSSR count). The van der Waals surface area contributed by atoms with Gasteiger partial charge in [0, 0.05) is 18.3 Å². The van der Waals surface area contributed by atoms with Gasteiger partial charge in [-0.05, 0) is 37.6 Å². The Kier molecular flexibility index (Phi) is 7.35. The van der Waals surface area contributed by atoms with Crippen molar-refractivity contribution in [1.82, 2.24) is 5.32 Å². The standard InChI is InChI=1S/C19H21NO5S/c1-3-24-17-7-5-4-6-15(17)19(23)25-12-16(22)18-9-8-14(26-18)10-11-20-13(2)21/h4-9H,3,10-12H2,1-2H3,(H,20,21). The molecule has 0 radical (unpaired) electrons. The van der Waals surface area contributed by atoms with Gasteiger partial charge in [-0.15, -0.1) is 11.3 Å². The highest BCUT2D eigenvalue weighted by Crippen LogP contribution is 2.20. The molecule has 138 valence electrons. The normalized spacial score (nSPS) is 10.2. The Morgan fingerprint density at radius 2 is 1.88 bits per heavy atom. The van der Waals surface area contributed by atoms with Crippen LogP contribution in [0.25, 0.3) is 0 Å². The lowest BCUT2D eigenvalue weighted by atomic mass is 10.2. The second kappa shape index (κ2) is 9.72. The zero-order valence-corrected chi connectivity index (χ0v) is 15.6. The monoisotopic (exact) mass is 375 g/mol. The number of amides is 1. The summed E-state index contributed by atoms with van der Waals surface area (Å²) in [7, 11) is 0. The van der Waals surface area contributed by atoms with Gasteiger partial charge >= 0.3 is 5.97 Å². The van der Waals surface area contributed by atoms with Crippen LogP contribution in [-0.4, -0.2) is 37.4 Å². The van der Waals surface area contributed by atoms with Crippen molar-refractivity contribution in [2.75, 3.05) is 19.8 Å². The van der Waals surface area contributed by atoms with Crippen LogP contribution in [0.15, 0.2) is 36.4 Å². The molecule has 0 aliphatic rings. The quantitative estimate of drug-likeness (QED) is 0.538. The highest BCUT2D eigenvalue weighted by molar-refractivity contribution is 7.14. The van der Waals surface area contributed by atoms with E-state index in [0.717, 1.165) is 4.88 Å². The van der Waals surface area contributed by atoms with Crippen LogP contribution in [-0.2, 0) is 16.0 Å². The van der Waals surface area contributed by atoms with Crippen LogP contribution in [0.3, 0.4) is 0 Å². The van der Waals surface area contributed by atoms with E-state index >= 15 is 0 Å². The van der Waals surface area contributed by atoms with Gasteiger partial charge in [0.1, 0.15) is 11.3 Å². The van der Waals surface area contributed by atoms with E-state index in [1.165, 1.54) is 18.3 Å². The van der Waals surface area contributed by atoms with E-state index in [-0.39, 0.29) is 18.3 Å². The maximum Gasteiger partial charge on any atom is 0.342 e. The fourth-order valence-corrected chi connectivity index (χ4v) is 3.15. The number of rotatable bonds is 9. The number of Topliss-reactive ketones (excluding diaryl/α,β-unsaturated/α-hetero) is 1. The number of nitrogens with one attached hydrogen (secondary N) is 1. The summed E-state index contributed by atoms with van der Waals surface area (Å²) in [6.07, 6.45) is 0.652. The van der Waals surface area contributed by atoms with Gasteiger partial charge in [-0.25, -0.2) is 4.79 Å². The lowest BCUT2D eigenvalue weighted by Gasteiger charge is -2.09. The Hall–Kier alpha value is -2.67. The second-order valence-electron chi connectivity index (χ2n) is 5.43. The minimum atomic E-state index is -0.593. The first-order chi connectivity index (χ1) is 12.5. The molecular weight excluding hydrogens is 354 g/mol. The summed E-state index contributed by atoms with van der Waals surface area (Å²) in [6.45, 7) is 3.91. The SMILES string of the molecule is CCOc1ccccc1C(=O)OCC(=O)c1ccc(CCNC(C)=O)s1. The Morgan fingerprint density at radius 1 is 1.12 bits per heavy atom. The molecule has 0 aliphatic carbocycles. The number of esters is 1. The number of ether oxygens (including phenoxy) is 2. The molecule has 1 aromatic heterocycles. The first-order valence-corrected chi connectivity index (χ1v) is 9.08. The number of para-hydroxylation sites is 1. The highest BCUT2D eigenvalue weighted by atomic mass is 32.1. The Morgan fingerprint density at radius 3 is 2.62 bits per heavy atom. The third-order valence-corrected chi connectivity index (χ3v) is 4.61. The fraction of sp³-hybridized carbons (Fsp3) is 0.316. The summed E-state index contributed by atoms with van der Waals surface area (Å²) in [5, 5.41) is 2.71. The van der Waals surface area contributed by atoms with E-state index in [9.17, 15) is 14.4 Å². The molecule has 1 N–H and O–H groups in total. The van der Waals surface area contributed by atoms with Gasteiger partial charge in [0.05, 0.1) is 11.5 Å². The van der Waals surface area contributed by atoms with Gasteiger partial charge in [0.25, 0.3) is 0 Å². The van der Waals surface area contributed by atoms with Crippen molar-refractivity contribution in [2.45, 2.75) is 20.3 Å². The lowest BCUT2D eigenvalue weighted by molar-refractivity contribution is -0.118. The van der Waals surface area contributed by atoms with Crippen molar-refractivity contribution < 1.29 is 23.9 Å². The third-order valence-electron chi connectivity index (χ3n) is 3.42. The molecule has 0 atom stereocenters. The third kappa shape index (κ3) is 5.70. The van der Waals surface area contributed by atoms with Gasteiger partial charge in [-0.2, -0.15) is 0 Å². The van der Waals surface area contributed by atoms with E-state index < -0.39 is 5.97 Å².